The molecule has 0 amide bonds. The summed E-state index contributed by atoms with van der Waals surface area (Å²) < 4.78 is 52.2. The van der Waals surface area contributed by atoms with Gasteiger partial charge in [0.25, 0.3) is 0 Å². The van der Waals surface area contributed by atoms with E-state index in [2.05, 4.69) is 4.99 Å². The van der Waals surface area contributed by atoms with Crippen LogP contribution in [0.3, 0.4) is 0 Å². The van der Waals surface area contributed by atoms with Crippen LogP contribution in [0.1, 0.15) is 5.56 Å². The van der Waals surface area contributed by atoms with Crippen LogP contribution in [-0.4, -0.2) is 37.2 Å². The van der Waals surface area contributed by atoms with E-state index in [9.17, 15) is 17.2 Å². The topological polar surface area (TPSA) is 49.7 Å². The van der Waals surface area contributed by atoms with E-state index in [0.29, 0.717) is 22.2 Å². The van der Waals surface area contributed by atoms with Crippen LogP contribution in [0.15, 0.2) is 53.5 Å². The molecule has 4 rings (SSSR count). The van der Waals surface area contributed by atoms with Crippen molar-refractivity contribution in [1.82, 2.24) is 0 Å². The average Bonchev–Trinajstić information content (AvgIpc) is 3.06. The molecule has 0 aliphatic carbocycles. The smallest absolute Gasteiger partial charge is 0.164 e. The number of anilines is 1. The van der Waals surface area contributed by atoms with Gasteiger partial charge in [0.05, 0.1) is 29.3 Å². The van der Waals surface area contributed by atoms with E-state index in [1.54, 1.807) is 41.3 Å². The third-order valence-electron chi connectivity index (χ3n) is 4.53. The zero-order valence-electron chi connectivity index (χ0n) is 13.7. The first-order valence-corrected chi connectivity index (χ1v) is 10.9. The van der Waals surface area contributed by atoms with Crippen molar-refractivity contribution in [3.05, 3.63) is 65.7 Å². The van der Waals surface area contributed by atoms with E-state index >= 15 is 0 Å². The maximum atomic E-state index is 14.4. The minimum absolute atomic E-state index is 0.0353. The SMILES string of the molecule is O=S1(=O)C[C@@H]2N=C(SCc3ccccc3F)N(c3ccccc3F)[C@H]2C1. The van der Waals surface area contributed by atoms with Crippen molar-refractivity contribution in [2.45, 2.75) is 17.8 Å². The van der Waals surface area contributed by atoms with Crippen LogP contribution in [0.2, 0.25) is 0 Å². The van der Waals surface area contributed by atoms with Gasteiger partial charge in [-0.25, -0.2) is 17.2 Å². The largest absolute Gasteiger partial charge is 0.312 e. The molecule has 8 heteroatoms. The average molecular weight is 394 g/mol. The summed E-state index contributed by atoms with van der Waals surface area (Å²) >= 11 is 1.29. The lowest BCUT2D eigenvalue weighted by Crippen LogP contribution is -2.39. The summed E-state index contributed by atoms with van der Waals surface area (Å²) in [6.45, 7) is 0. The lowest BCUT2D eigenvalue weighted by atomic mass is 10.1. The maximum absolute atomic E-state index is 14.4. The van der Waals surface area contributed by atoms with E-state index in [1.165, 1.54) is 23.9 Å². The lowest BCUT2D eigenvalue weighted by Gasteiger charge is -2.26. The van der Waals surface area contributed by atoms with Crippen molar-refractivity contribution in [3.63, 3.8) is 0 Å². The molecular weight excluding hydrogens is 378 g/mol. The van der Waals surface area contributed by atoms with Crippen molar-refractivity contribution in [2.24, 2.45) is 4.99 Å². The van der Waals surface area contributed by atoms with E-state index in [4.69, 9.17) is 0 Å². The van der Waals surface area contributed by atoms with Gasteiger partial charge >= 0.3 is 0 Å². The summed E-state index contributed by atoms with van der Waals surface area (Å²) in [4.78, 5) is 6.19. The molecule has 2 heterocycles. The molecule has 1 saturated heterocycles. The van der Waals surface area contributed by atoms with Gasteiger partial charge in [-0.2, -0.15) is 0 Å². The predicted octanol–water partition coefficient (Wildman–Crippen LogP) is 3.24. The molecule has 26 heavy (non-hydrogen) atoms. The number of hydrogen-bond donors (Lipinski definition) is 0. The maximum Gasteiger partial charge on any atom is 0.164 e. The Kier molecular flexibility index (Phi) is 4.48. The summed E-state index contributed by atoms with van der Waals surface area (Å²) in [5, 5.41) is 0.531. The van der Waals surface area contributed by atoms with Gasteiger partial charge in [0.1, 0.15) is 11.6 Å². The fourth-order valence-corrected chi connectivity index (χ4v) is 6.27. The molecule has 0 unspecified atom stereocenters. The Balaban J connectivity index is 1.65. The van der Waals surface area contributed by atoms with Crippen LogP contribution in [-0.2, 0) is 15.6 Å². The highest BCUT2D eigenvalue weighted by molar-refractivity contribution is 8.13. The Bertz CT molecular complexity index is 979. The van der Waals surface area contributed by atoms with Crippen molar-refractivity contribution in [3.8, 4) is 0 Å². The molecule has 136 valence electrons. The number of halogens is 2. The molecule has 2 aliphatic rings. The zero-order chi connectivity index (χ0) is 18.3. The monoisotopic (exact) mass is 394 g/mol. The van der Waals surface area contributed by atoms with Crippen molar-refractivity contribution in [1.29, 1.82) is 0 Å². The number of hydrogen-bond acceptors (Lipinski definition) is 5. The number of para-hydroxylation sites is 1. The zero-order valence-corrected chi connectivity index (χ0v) is 15.3. The second kappa shape index (κ2) is 6.66. The van der Waals surface area contributed by atoms with Crippen molar-refractivity contribution >= 4 is 32.5 Å². The number of thioether (sulfide) groups is 1. The third kappa shape index (κ3) is 3.23. The molecule has 0 radical (unpaired) electrons. The Labute approximate surface area is 154 Å². The van der Waals surface area contributed by atoms with Gasteiger partial charge in [-0.15, -0.1) is 0 Å². The van der Waals surface area contributed by atoms with E-state index in [0.717, 1.165) is 0 Å². The summed E-state index contributed by atoms with van der Waals surface area (Å²) in [6, 6.07) is 11.9. The normalized spacial score (nSPS) is 23.8. The molecule has 2 aromatic rings. The number of sulfone groups is 1. The summed E-state index contributed by atoms with van der Waals surface area (Å²) in [5.74, 6) is -0.496. The highest BCUT2D eigenvalue weighted by Gasteiger charge is 2.47. The standard InChI is InChI=1S/C18H16F2N2O2S2/c19-13-6-2-1-5-12(13)9-25-18-21-15-10-26(23,24)11-17(15)22(18)16-8-4-3-7-14(16)20/h1-8,15,17H,9-11H2/t15-,17-/m0/s1. The number of amidine groups is 1. The molecule has 0 saturated carbocycles. The van der Waals surface area contributed by atoms with Crippen LogP contribution < -0.4 is 4.90 Å². The lowest BCUT2D eigenvalue weighted by molar-refractivity contribution is 0.600. The molecule has 2 aromatic carbocycles. The molecule has 2 atom stereocenters. The predicted molar refractivity (Wildman–Crippen MR) is 100 cm³/mol. The van der Waals surface area contributed by atoms with Crippen LogP contribution in [0, 0.1) is 11.6 Å². The fourth-order valence-electron chi connectivity index (χ4n) is 3.32. The van der Waals surface area contributed by atoms with Gasteiger partial charge < -0.3 is 4.90 Å². The van der Waals surface area contributed by atoms with Gasteiger partial charge in [-0.1, -0.05) is 42.1 Å². The molecule has 4 nitrogen and oxygen atoms in total. The van der Waals surface area contributed by atoms with Gasteiger partial charge in [-0.05, 0) is 23.8 Å². The minimum Gasteiger partial charge on any atom is -0.312 e. The number of benzene rings is 2. The quantitative estimate of drug-likeness (QED) is 0.802. The fraction of sp³-hybridized carbons (Fsp3) is 0.278. The van der Waals surface area contributed by atoms with Gasteiger partial charge in [-0.3, -0.25) is 4.99 Å². The number of nitrogens with zero attached hydrogens (tertiary/aromatic N) is 2. The first-order chi connectivity index (χ1) is 12.4. The molecular formula is C18H16F2N2O2S2. The van der Waals surface area contributed by atoms with Crippen LogP contribution in [0.25, 0.3) is 0 Å². The van der Waals surface area contributed by atoms with Crippen molar-refractivity contribution < 1.29 is 17.2 Å². The highest BCUT2D eigenvalue weighted by Crippen LogP contribution is 2.37. The molecule has 0 bridgehead atoms. The first-order valence-electron chi connectivity index (χ1n) is 8.13. The molecule has 1 fully saturated rings. The van der Waals surface area contributed by atoms with E-state index in [1.807, 2.05) is 0 Å². The Morgan fingerprint density at radius 3 is 2.46 bits per heavy atom. The number of aliphatic imine (C=N–C) groups is 1. The van der Waals surface area contributed by atoms with Crippen LogP contribution >= 0.6 is 11.8 Å². The van der Waals surface area contributed by atoms with E-state index in [-0.39, 0.29) is 17.3 Å². The number of rotatable bonds is 3. The molecule has 0 spiro atoms. The Hall–Kier alpha value is -1.93. The van der Waals surface area contributed by atoms with Gasteiger partial charge in [0.2, 0.25) is 0 Å². The van der Waals surface area contributed by atoms with Crippen molar-refractivity contribution in [2.75, 3.05) is 16.4 Å². The van der Waals surface area contributed by atoms with E-state index < -0.39 is 27.7 Å². The molecule has 0 N–H and O–H groups in total. The minimum atomic E-state index is -3.20. The second-order valence-corrected chi connectivity index (χ2v) is 9.42. The van der Waals surface area contributed by atoms with Crippen LogP contribution in [0.5, 0.6) is 0 Å². The number of fused-ring (bicyclic) bond motifs is 1. The summed E-state index contributed by atoms with van der Waals surface area (Å²) in [6.07, 6.45) is 0. The summed E-state index contributed by atoms with van der Waals surface area (Å²) in [7, 11) is -3.20. The van der Waals surface area contributed by atoms with Gasteiger partial charge in [0.15, 0.2) is 15.0 Å². The third-order valence-corrected chi connectivity index (χ3v) is 7.25. The van der Waals surface area contributed by atoms with Gasteiger partial charge in [0, 0.05) is 5.75 Å². The summed E-state index contributed by atoms with van der Waals surface area (Å²) in [5.41, 5.74) is 0.829. The Morgan fingerprint density at radius 2 is 1.73 bits per heavy atom. The second-order valence-electron chi connectivity index (χ2n) is 6.32. The molecule has 0 aromatic heterocycles. The highest BCUT2D eigenvalue weighted by atomic mass is 32.2. The molecule has 2 aliphatic heterocycles. The first kappa shape index (κ1) is 17.5. The Morgan fingerprint density at radius 1 is 1.04 bits per heavy atom. The van der Waals surface area contributed by atoms with Crippen LogP contribution in [0.4, 0.5) is 14.5 Å².